The number of hydrogen-bond acceptors (Lipinski definition) is 10. The Kier molecular flexibility index (Phi) is 9.18. The molecule has 1 heterocycles. The maximum absolute atomic E-state index is 12.8. The third-order valence-corrected chi connectivity index (χ3v) is 4.64. The zero-order chi connectivity index (χ0) is 24.7. The lowest BCUT2D eigenvalue weighted by molar-refractivity contribution is -0.270. The molecule has 1 N–H and O–H groups in total. The molecule has 1 saturated heterocycles. The van der Waals surface area contributed by atoms with Crippen LogP contribution in [0.4, 0.5) is 0 Å². The maximum atomic E-state index is 12.8. The molecule has 2 rings (SSSR count). The van der Waals surface area contributed by atoms with Crippen molar-refractivity contribution >= 4 is 41.4 Å². The molecule has 0 radical (unpaired) electrons. The van der Waals surface area contributed by atoms with Crippen molar-refractivity contribution in [1.82, 2.24) is 5.32 Å². The average Bonchev–Trinajstić information content (AvgIpc) is 2.70. The summed E-state index contributed by atoms with van der Waals surface area (Å²) in [4.78, 5) is 59.5. The van der Waals surface area contributed by atoms with Crippen molar-refractivity contribution in [2.75, 3.05) is 6.61 Å². The van der Waals surface area contributed by atoms with Gasteiger partial charge in [0.2, 0.25) is 6.29 Å². The SMILES string of the molecule is CC(=O)OC[C@@H]1O[C@H](OC(C)=O)[C@H](NC(=O)c2ccc(Cl)cc2)[C@@H](OC(C)=O)[C@@H]1OC(C)=O. The van der Waals surface area contributed by atoms with Gasteiger partial charge in [0.1, 0.15) is 18.8 Å². The number of esters is 4. The van der Waals surface area contributed by atoms with Crippen LogP contribution in [0.1, 0.15) is 38.1 Å². The molecule has 0 unspecified atom stereocenters. The lowest BCUT2D eigenvalue weighted by atomic mass is 9.95. The highest BCUT2D eigenvalue weighted by atomic mass is 35.5. The predicted molar refractivity (Wildman–Crippen MR) is 111 cm³/mol. The van der Waals surface area contributed by atoms with Crippen molar-refractivity contribution in [3.05, 3.63) is 34.9 Å². The van der Waals surface area contributed by atoms with Crippen LogP contribution < -0.4 is 5.32 Å². The second kappa shape index (κ2) is 11.6. The standard InChI is InChI=1S/C21H24ClNO10/c1-10(24)29-9-16-18(30-11(2)25)19(31-12(3)26)17(21(33-16)32-13(4)27)23-20(28)14-5-7-15(22)8-6-14/h5-8,16-19,21H,9H2,1-4H3,(H,23,28)/t16-,17+,18+,19+,21-/m0/s1. The van der Waals surface area contributed by atoms with Crippen LogP contribution in [0.5, 0.6) is 0 Å². The Bertz CT molecular complexity index is 903. The van der Waals surface area contributed by atoms with E-state index in [1.54, 1.807) is 0 Å². The summed E-state index contributed by atoms with van der Waals surface area (Å²) in [5.41, 5.74) is 0.202. The van der Waals surface area contributed by atoms with Gasteiger partial charge in [-0.1, -0.05) is 11.6 Å². The molecule has 180 valence electrons. The summed E-state index contributed by atoms with van der Waals surface area (Å²) in [6.45, 7) is 4.10. The van der Waals surface area contributed by atoms with Crippen LogP contribution in [0, 0.1) is 0 Å². The van der Waals surface area contributed by atoms with Gasteiger partial charge in [-0.25, -0.2) is 0 Å². The number of carbonyl (C=O) groups excluding carboxylic acids is 5. The third kappa shape index (κ3) is 7.72. The van der Waals surface area contributed by atoms with E-state index in [1.165, 1.54) is 24.3 Å². The number of hydrogen-bond donors (Lipinski definition) is 1. The molecule has 0 aliphatic carbocycles. The minimum atomic E-state index is -1.46. The topological polar surface area (TPSA) is 144 Å². The Balaban J connectivity index is 2.44. The molecule has 12 heteroatoms. The average molecular weight is 486 g/mol. The van der Waals surface area contributed by atoms with Gasteiger partial charge in [-0.2, -0.15) is 0 Å². The van der Waals surface area contributed by atoms with Gasteiger partial charge < -0.3 is 29.0 Å². The molecule has 1 aromatic rings. The fraction of sp³-hybridized carbons (Fsp3) is 0.476. The molecule has 0 aromatic heterocycles. The summed E-state index contributed by atoms with van der Waals surface area (Å²) < 4.78 is 26.5. The third-order valence-electron chi connectivity index (χ3n) is 4.39. The predicted octanol–water partition coefficient (Wildman–Crippen LogP) is 1.15. The number of ether oxygens (including phenoxy) is 5. The first-order valence-corrected chi connectivity index (χ1v) is 10.2. The van der Waals surface area contributed by atoms with Gasteiger partial charge in [0, 0.05) is 38.3 Å². The molecular formula is C21H24ClNO10. The monoisotopic (exact) mass is 485 g/mol. The van der Waals surface area contributed by atoms with Gasteiger partial charge in [-0.3, -0.25) is 24.0 Å². The molecule has 1 aliphatic rings. The minimum Gasteiger partial charge on any atom is -0.463 e. The summed E-state index contributed by atoms with van der Waals surface area (Å²) in [6.07, 6.45) is -5.28. The fourth-order valence-electron chi connectivity index (χ4n) is 3.16. The Morgan fingerprint density at radius 2 is 1.39 bits per heavy atom. The van der Waals surface area contributed by atoms with Crippen LogP contribution in [0.2, 0.25) is 5.02 Å². The largest absolute Gasteiger partial charge is 0.463 e. The number of nitrogens with one attached hydrogen (secondary N) is 1. The van der Waals surface area contributed by atoms with E-state index in [0.717, 1.165) is 27.7 Å². The van der Waals surface area contributed by atoms with Gasteiger partial charge in [-0.15, -0.1) is 0 Å². The number of benzene rings is 1. The number of amides is 1. The van der Waals surface area contributed by atoms with Gasteiger partial charge in [0.15, 0.2) is 12.2 Å². The maximum Gasteiger partial charge on any atom is 0.305 e. The Morgan fingerprint density at radius 3 is 1.91 bits per heavy atom. The number of carbonyl (C=O) groups is 5. The highest BCUT2D eigenvalue weighted by Crippen LogP contribution is 2.28. The van der Waals surface area contributed by atoms with Crippen LogP contribution in [0.15, 0.2) is 24.3 Å². The zero-order valence-electron chi connectivity index (χ0n) is 18.4. The first-order valence-electron chi connectivity index (χ1n) is 9.84. The van der Waals surface area contributed by atoms with E-state index in [0.29, 0.717) is 5.02 Å². The molecule has 5 atom stereocenters. The minimum absolute atomic E-state index is 0.202. The summed E-state index contributed by atoms with van der Waals surface area (Å²) in [7, 11) is 0. The molecule has 1 aliphatic heterocycles. The van der Waals surface area contributed by atoms with Crippen LogP contribution >= 0.6 is 11.6 Å². The van der Waals surface area contributed by atoms with Crippen molar-refractivity contribution in [3.63, 3.8) is 0 Å². The Hall–Kier alpha value is -3.18. The highest BCUT2D eigenvalue weighted by Gasteiger charge is 2.52. The van der Waals surface area contributed by atoms with E-state index < -0.39 is 67.0 Å². The van der Waals surface area contributed by atoms with Crippen LogP contribution in [0.25, 0.3) is 0 Å². The Morgan fingerprint density at radius 1 is 0.848 bits per heavy atom. The normalized spacial score (nSPS) is 24.2. The van der Waals surface area contributed by atoms with Crippen molar-refractivity contribution in [2.45, 2.75) is 58.3 Å². The van der Waals surface area contributed by atoms with E-state index in [-0.39, 0.29) is 5.56 Å². The zero-order valence-corrected chi connectivity index (χ0v) is 19.1. The van der Waals surface area contributed by atoms with Gasteiger partial charge in [0.05, 0.1) is 0 Å². The lowest BCUT2D eigenvalue weighted by Crippen LogP contribution is -2.67. The summed E-state index contributed by atoms with van der Waals surface area (Å²) in [5, 5.41) is 3.00. The van der Waals surface area contributed by atoms with E-state index in [1.807, 2.05) is 0 Å². The first kappa shape index (κ1) is 26.1. The molecular weight excluding hydrogens is 462 g/mol. The van der Waals surface area contributed by atoms with Gasteiger partial charge in [0.25, 0.3) is 5.91 Å². The second-order valence-corrected chi connectivity index (χ2v) is 7.55. The first-order chi connectivity index (χ1) is 15.5. The van der Waals surface area contributed by atoms with E-state index >= 15 is 0 Å². The molecule has 0 bridgehead atoms. The molecule has 1 fully saturated rings. The molecule has 11 nitrogen and oxygen atoms in total. The van der Waals surface area contributed by atoms with Crippen LogP contribution in [0.3, 0.4) is 0 Å². The lowest BCUT2D eigenvalue weighted by Gasteiger charge is -2.44. The van der Waals surface area contributed by atoms with Gasteiger partial charge >= 0.3 is 23.9 Å². The molecule has 1 aromatic carbocycles. The van der Waals surface area contributed by atoms with Crippen molar-refractivity contribution in [1.29, 1.82) is 0 Å². The molecule has 1 amide bonds. The summed E-state index contributed by atoms with van der Waals surface area (Å²) in [6, 6.07) is 4.63. The number of halogens is 1. The van der Waals surface area contributed by atoms with Crippen molar-refractivity contribution in [2.24, 2.45) is 0 Å². The number of rotatable bonds is 7. The van der Waals surface area contributed by atoms with Crippen molar-refractivity contribution in [3.8, 4) is 0 Å². The highest BCUT2D eigenvalue weighted by molar-refractivity contribution is 6.30. The summed E-state index contributed by atoms with van der Waals surface area (Å²) in [5.74, 6) is -3.55. The van der Waals surface area contributed by atoms with Crippen LogP contribution in [-0.2, 0) is 42.9 Å². The Labute approximate surface area is 194 Å². The second-order valence-electron chi connectivity index (χ2n) is 7.11. The fourth-order valence-corrected chi connectivity index (χ4v) is 3.28. The van der Waals surface area contributed by atoms with Crippen molar-refractivity contribution < 1.29 is 47.7 Å². The van der Waals surface area contributed by atoms with E-state index in [4.69, 9.17) is 35.3 Å². The summed E-state index contributed by atoms with van der Waals surface area (Å²) >= 11 is 5.85. The van der Waals surface area contributed by atoms with E-state index in [9.17, 15) is 24.0 Å². The van der Waals surface area contributed by atoms with Crippen LogP contribution in [-0.4, -0.2) is 67.0 Å². The quantitative estimate of drug-likeness (QED) is 0.441. The molecule has 0 saturated carbocycles. The molecule has 33 heavy (non-hydrogen) atoms. The van der Waals surface area contributed by atoms with Gasteiger partial charge in [-0.05, 0) is 24.3 Å². The smallest absolute Gasteiger partial charge is 0.305 e. The van der Waals surface area contributed by atoms with E-state index in [2.05, 4.69) is 5.32 Å². The molecule has 0 spiro atoms.